The number of fused-ring (bicyclic) bond motifs is 1. The molecule has 2 unspecified atom stereocenters. The van der Waals surface area contributed by atoms with Gasteiger partial charge in [-0.2, -0.15) is 23.5 Å². The van der Waals surface area contributed by atoms with Gasteiger partial charge in [0.2, 0.25) is 0 Å². The SMILES string of the molecule is CC(Cl)c1nc2cc(Br)cnc2n1CC1CSCCS1. The van der Waals surface area contributed by atoms with Gasteiger partial charge < -0.3 is 4.57 Å². The van der Waals surface area contributed by atoms with Crippen molar-refractivity contribution in [2.45, 2.75) is 24.1 Å². The molecule has 3 heterocycles. The van der Waals surface area contributed by atoms with Crippen LogP contribution in [-0.4, -0.2) is 37.0 Å². The average Bonchev–Trinajstić information content (AvgIpc) is 2.78. The van der Waals surface area contributed by atoms with Gasteiger partial charge in [-0.05, 0) is 28.9 Å². The molecule has 1 aliphatic rings. The van der Waals surface area contributed by atoms with E-state index in [1.165, 1.54) is 17.3 Å². The highest BCUT2D eigenvalue weighted by Gasteiger charge is 2.21. The van der Waals surface area contributed by atoms with Crippen LogP contribution in [0.3, 0.4) is 0 Å². The number of hydrogen-bond donors (Lipinski definition) is 0. The summed E-state index contributed by atoms with van der Waals surface area (Å²) in [4.78, 5) is 9.19. The zero-order valence-corrected chi connectivity index (χ0v) is 15.0. The summed E-state index contributed by atoms with van der Waals surface area (Å²) >= 11 is 13.8. The van der Waals surface area contributed by atoms with Crippen molar-refractivity contribution >= 4 is 62.2 Å². The number of alkyl halides is 1. The van der Waals surface area contributed by atoms with Crippen molar-refractivity contribution in [2.75, 3.05) is 17.3 Å². The first-order valence-corrected chi connectivity index (χ1v) is 9.93. The van der Waals surface area contributed by atoms with Crippen molar-refractivity contribution < 1.29 is 0 Å². The monoisotopic (exact) mass is 391 g/mol. The van der Waals surface area contributed by atoms with Crippen molar-refractivity contribution in [3.05, 3.63) is 22.6 Å². The average molecular weight is 393 g/mol. The molecule has 108 valence electrons. The fourth-order valence-corrected chi connectivity index (χ4v) is 5.47. The molecule has 0 aliphatic carbocycles. The molecule has 0 aromatic carbocycles. The molecule has 20 heavy (non-hydrogen) atoms. The lowest BCUT2D eigenvalue weighted by Gasteiger charge is -2.22. The van der Waals surface area contributed by atoms with Gasteiger partial charge in [-0.1, -0.05) is 0 Å². The Labute approximate surface area is 140 Å². The van der Waals surface area contributed by atoms with Crippen LogP contribution in [0.1, 0.15) is 18.1 Å². The van der Waals surface area contributed by atoms with Crippen LogP contribution in [0.2, 0.25) is 0 Å². The predicted octanol–water partition coefficient (Wildman–Crippen LogP) is 4.34. The first-order valence-electron chi connectivity index (χ1n) is 6.50. The minimum absolute atomic E-state index is 0.107. The highest BCUT2D eigenvalue weighted by molar-refractivity contribution is 9.10. The number of imidazole rings is 1. The quantitative estimate of drug-likeness (QED) is 0.727. The summed E-state index contributed by atoms with van der Waals surface area (Å²) in [5.41, 5.74) is 1.85. The number of pyridine rings is 1. The summed E-state index contributed by atoms with van der Waals surface area (Å²) in [6.45, 7) is 2.91. The zero-order chi connectivity index (χ0) is 14.1. The van der Waals surface area contributed by atoms with Gasteiger partial charge in [-0.25, -0.2) is 9.97 Å². The fourth-order valence-electron chi connectivity index (χ4n) is 2.33. The molecule has 0 N–H and O–H groups in total. The summed E-state index contributed by atoms with van der Waals surface area (Å²) in [5.74, 6) is 4.60. The smallest absolute Gasteiger partial charge is 0.160 e. The van der Waals surface area contributed by atoms with E-state index in [9.17, 15) is 0 Å². The molecule has 0 spiro atoms. The van der Waals surface area contributed by atoms with Crippen LogP contribution >= 0.6 is 51.1 Å². The summed E-state index contributed by atoms with van der Waals surface area (Å²) in [6, 6.07) is 2.00. The topological polar surface area (TPSA) is 30.7 Å². The largest absolute Gasteiger partial charge is 0.310 e. The number of rotatable bonds is 3. The van der Waals surface area contributed by atoms with Crippen LogP contribution < -0.4 is 0 Å². The molecule has 2 aromatic rings. The van der Waals surface area contributed by atoms with Crippen LogP contribution in [0, 0.1) is 0 Å². The summed E-state index contributed by atoms with van der Waals surface area (Å²) in [5, 5.41) is 0.509. The van der Waals surface area contributed by atoms with Gasteiger partial charge in [0.25, 0.3) is 0 Å². The van der Waals surface area contributed by atoms with E-state index in [1.54, 1.807) is 0 Å². The standard InChI is InChI=1S/C13H15BrClN3S2/c1-8(15)12-17-11-4-9(14)5-16-13(11)18(12)6-10-7-19-2-3-20-10/h4-5,8,10H,2-3,6-7H2,1H3. The van der Waals surface area contributed by atoms with Gasteiger partial charge >= 0.3 is 0 Å². The van der Waals surface area contributed by atoms with Gasteiger partial charge in [0.05, 0.1) is 5.38 Å². The maximum absolute atomic E-state index is 6.30. The van der Waals surface area contributed by atoms with E-state index in [0.717, 1.165) is 28.0 Å². The Balaban J connectivity index is 1.99. The molecule has 0 saturated carbocycles. The Bertz CT molecular complexity index is 611. The first-order chi connectivity index (χ1) is 9.65. The second kappa shape index (κ2) is 6.46. The number of nitrogens with zero attached hydrogens (tertiary/aromatic N) is 3. The molecule has 0 amide bonds. The normalized spacial score (nSPS) is 21.2. The molecule has 7 heteroatoms. The zero-order valence-electron chi connectivity index (χ0n) is 11.1. The Morgan fingerprint density at radius 1 is 1.55 bits per heavy atom. The molecule has 0 bridgehead atoms. The highest BCUT2D eigenvalue weighted by atomic mass is 79.9. The lowest BCUT2D eigenvalue weighted by molar-refractivity contribution is 0.662. The fraction of sp³-hybridized carbons (Fsp3) is 0.538. The Hall–Kier alpha value is 0.0900. The Morgan fingerprint density at radius 3 is 3.10 bits per heavy atom. The lowest BCUT2D eigenvalue weighted by Crippen LogP contribution is -2.22. The van der Waals surface area contributed by atoms with Crippen LogP contribution in [0.25, 0.3) is 11.2 Å². The minimum Gasteiger partial charge on any atom is -0.310 e. The van der Waals surface area contributed by atoms with E-state index < -0.39 is 0 Å². The van der Waals surface area contributed by atoms with Gasteiger partial charge in [0.1, 0.15) is 11.3 Å². The van der Waals surface area contributed by atoms with Crippen LogP contribution in [-0.2, 0) is 6.54 Å². The lowest BCUT2D eigenvalue weighted by atomic mass is 10.4. The second-order valence-corrected chi connectivity index (χ2v) is 8.89. The van der Waals surface area contributed by atoms with Gasteiger partial charge in [0.15, 0.2) is 5.65 Å². The molecule has 2 aromatic heterocycles. The molecule has 3 rings (SSSR count). The van der Waals surface area contributed by atoms with Crippen LogP contribution in [0.4, 0.5) is 0 Å². The van der Waals surface area contributed by atoms with E-state index in [4.69, 9.17) is 11.6 Å². The van der Waals surface area contributed by atoms with Gasteiger partial charge in [0, 0.05) is 39.7 Å². The van der Waals surface area contributed by atoms with Crippen LogP contribution in [0.15, 0.2) is 16.7 Å². The third kappa shape index (κ3) is 3.13. The molecule has 1 saturated heterocycles. The van der Waals surface area contributed by atoms with Crippen molar-refractivity contribution in [1.29, 1.82) is 0 Å². The molecular formula is C13H15BrClN3S2. The number of thioether (sulfide) groups is 2. The van der Waals surface area contributed by atoms with Gasteiger partial charge in [-0.3, -0.25) is 0 Å². The predicted molar refractivity (Wildman–Crippen MR) is 93.1 cm³/mol. The first kappa shape index (κ1) is 15.0. The highest BCUT2D eigenvalue weighted by Crippen LogP contribution is 2.30. The second-order valence-electron chi connectivity index (χ2n) is 4.76. The number of halogens is 2. The summed E-state index contributed by atoms with van der Waals surface area (Å²) in [6.07, 6.45) is 1.83. The van der Waals surface area contributed by atoms with E-state index in [-0.39, 0.29) is 5.38 Å². The number of hydrogen-bond acceptors (Lipinski definition) is 4. The van der Waals surface area contributed by atoms with E-state index >= 15 is 0 Å². The van der Waals surface area contributed by atoms with Crippen LogP contribution in [0.5, 0.6) is 0 Å². The minimum atomic E-state index is -0.107. The Kier molecular flexibility index (Phi) is 4.85. The Morgan fingerprint density at radius 2 is 2.40 bits per heavy atom. The molecule has 2 atom stereocenters. The third-order valence-electron chi connectivity index (χ3n) is 3.21. The molecule has 1 fully saturated rings. The molecule has 1 aliphatic heterocycles. The van der Waals surface area contributed by atoms with Crippen molar-refractivity contribution in [1.82, 2.24) is 14.5 Å². The van der Waals surface area contributed by atoms with E-state index in [0.29, 0.717) is 5.25 Å². The summed E-state index contributed by atoms with van der Waals surface area (Å²) < 4.78 is 3.15. The molecule has 3 nitrogen and oxygen atoms in total. The van der Waals surface area contributed by atoms with Crippen molar-refractivity contribution in [2.24, 2.45) is 0 Å². The van der Waals surface area contributed by atoms with E-state index in [1.807, 2.05) is 42.7 Å². The van der Waals surface area contributed by atoms with E-state index in [2.05, 4.69) is 30.5 Å². The third-order valence-corrected chi connectivity index (χ3v) is 6.66. The molecule has 0 radical (unpaired) electrons. The van der Waals surface area contributed by atoms with Crippen molar-refractivity contribution in [3.63, 3.8) is 0 Å². The maximum Gasteiger partial charge on any atom is 0.160 e. The van der Waals surface area contributed by atoms with Gasteiger partial charge in [-0.15, -0.1) is 11.6 Å². The van der Waals surface area contributed by atoms with Crippen molar-refractivity contribution in [3.8, 4) is 0 Å². The molecular weight excluding hydrogens is 378 g/mol. The maximum atomic E-state index is 6.30. The number of aromatic nitrogens is 3. The summed E-state index contributed by atoms with van der Waals surface area (Å²) in [7, 11) is 0.